The Labute approximate surface area is 490 Å². The van der Waals surface area contributed by atoms with Crippen LogP contribution in [0.1, 0.15) is 25.7 Å². The van der Waals surface area contributed by atoms with E-state index in [2.05, 4.69) is 80.6 Å². The van der Waals surface area contributed by atoms with Gasteiger partial charge in [0.2, 0.25) is 0 Å². The second-order valence-corrected chi connectivity index (χ2v) is 25.6. The first-order chi connectivity index (χ1) is 36.5. The Morgan fingerprint density at radius 3 is 0.424 bits per heavy atom. The third kappa shape index (κ3) is 24.6. The van der Waals surface area contributed by atoms with Gasteiger partial charge in [0.05, 0.1) is 0 Å². The molecule has 2 fully saturated rings. The molecule has 0 unspecified atom stereocenters. The van der Waals surface area contributed by atoms with Gasteiger partial charge in [0.25, 0.3) is 30.0 Å². The minimum Gasteiger partial charge on any atom is -0.412 e. The Balaban J connectivity index is -0.00000291. The summed E-state index contributed by atoms with van der Waals surface area (Å²) in [6, 6.07) is 29.8. The molecule has 0 saturated carbocycles. The molecule has 3 aliphatic rings. The molecule has 11 heterocycles. The van der Waals surface area contributed by atoms with E-state index in [0.717, 1.165) is 26.4 Å². The molecular weight excluding hydrogens is 1190 g/mol. The highest BCUT2D eigenvalue weighted by atomic mass is 31.3. The average molecular weight is 1270 g/mol. The molecule has 0 radical (unpaired) electrons. The maximum Gasteiger partial charge on any atom is 0.268 e. The topological polar surface area (TPSA) is 614 Å². The molecule has 0 aromatic carbocycles. The van der Waals surface area contributed by atoms with Gasteiger partial charge in [-0.05, 0) is 123 Å². The number of nitrogens with zero attached hydrogens (tertiary/aromatic N) is 12. The summed E-state index contributed by atoms with van der Waals surface area (Å²) in [5, 5.41) is 30.2. The van der Waals surface area contributed by atoms with Gasteiger partial charge in [-0.2, -0.15) is 18.1 Å². The molecule has 2 saturated heterocycles. The van der Waals surface area contributed by atoms with Crippen LogP contribution < -0.4 is 40.7 Å². The van der Waals surface area contributed by atoms with Crippen LogP contribution in [0.2, 0.25) is 0 Å². The van der Waals surface area contributed by atoms with Crippen LogP contribution in [0.4, 0.5) is 45.5 Å². The highest BCUT2D eigenvalue weighted by molar-refractivity contribution is 7.90. The summed E-state index contributed by atoms with van der Waals surface area (Å²) in [4.78, 5) is 34.6. The van der Waals surface area contributed by atoms with Crippen molar-refractivity contribution in [2.24, 2.45) is 18.1 Å². The number of rotatable bonds is 16. The van der Waals surface area contributed by atoms with E-state index in [4.69, 9.17) is 27.5 Å². The maximum atomic E-state index is 5.99. The zero-order valence-electron chi connectivity index (χ0n) is 45.6. The van der Waals surface area contributed by atoms with Crippen LogP contribution in [-0.4, -0.2) is 127 Å². The first kappa shape index (κ1) is 81.2. The Hall–Kier alpha value is -8.00. The summed E-state index contributed by atoms with van der Waals surface area (Å²) in [7, 11) is -14.7. The monoisotopic (exact) mass is 1270 g/mol. The number of nitrogens with one attached hydrogen (secondary N) is 8. The fourth-order valence-electron chi connectivity index (χ4n) is 7.16. The summed E-state index contributed by atoms with van der Waals surface area (Å²) >= 11 is 0. The third-order valence-electron chi connectivity index (χ3n) is 10.4. The SMILES string of the molecule is C1CCOC1.C1CCOC1.O.O.O.O.O.O.O.O.O.O.O.c1cc(NP2(Nc3ccncc3)=NP(Nc3ccncc3)(Nc3ccncc3)=NP(Nc3ccncc3)(Nc3ccncc3)=NP(Nc3ccncc3)(Nc3ccncc3)=N2)ccn1. The highest BCUT2D eigenvalue weighted by Gasteiger charge is 2.40. The zero-order chi connectivity index (χ0) is 50.5. The summed E-state index contributed by atoms with van der Waals surface area (Å²) < 4.78 is 33.8. The lowest BCUT2D eigenvalue weighted by molar-refractivity contribution is 0.198. The van der Waals surface area contributed by atoms with Gasteiger partial charge >= 0.3 is 0 Å². The minimum atomic E-state index is -3.68. The second-order valence-electron chi connectivity index (χ2n) is 16.2. The summed E-state index contributed by atoms with van der Waals surface area (Å²) in [5.74, 6) is 0. The summed E-state index contributed by atoms with van der Waals surface area (Å²) in [5.41, 5.74) is 5.45. The molecule has 0 atom stereocenters. The van der Waals surface area contributed by atoms with Gasteiger partial charge in [-0.25, -0.2) is 0 Å². The molecule has 8 aromatic heterocycles. The van der Waals surface area contributed by atoms with Crippen LogP contribution in [0.3, 0.4) is 0 Å². The molecule has 11 rings (SSSR count). The number of hydrogen-bond acceptors (Lipinski definition) is 22. The fourth-order valence-corrected chi connectivity index (χ4v) is 22.2. The highest BCUT2D eigenvalue weighted by Crippen LogP contribution is 2.77. The Bertz CT molecular complexity index is 2570. The summed E-state index contributed by atoms with van der Waals surface area (Å²) in [6.07, 6.45) is 32.4. The van der Waals surface area contributed by atoms with Gasteiger partial charge in [-0.3, -0.25) is 39.9 Å². The molecule has 3 aliphatic heterocycles. The molecule has 0 aliphatic carbocycles. The Morgan fingerprint density at radius 1 is 0.212 bits per heavy atom. The van der Waals surface area contributed by atoms with E-state index in [1.54, 1.807) is 99.1 Å². The fraction of sp³-hybridized carbons (Fsp3) is 0.167. The number of hydrogen-bond donors (Lipinski definition) is 8. The van der Waals surface area contributed by atoms with E-state index in [-0.39, 0.29) is 60.2 Å². The van der Waals surface area contributed by atoms with E-state index in [1.165, 1.54) is 25.7 Å². The van der Waals surface area contributed by atoms with Crippen molar-refractivity contribution in [3.8, 4) is 0 Å². The quantitative estimate of drug-likeness (QED) is 0.0623. The lowest BCUT2D eigenvalue weighted by Crippen LogP contribution is -2.16. The van der Waals surface area contributed by atoms with Crippen LogP contribution in [0.25, 0.3) is 0 Å². The second kappa shape index (κ2) is 41.1. The third-order valence-corrected chi connectivity index (χ3v) is 23.3. The molecule has 30 N–H and O–H groups in total. The van der Waals surface area contributed by atoms with Crippen molar-refractivity contribution in [1.82, 2.24) is 39.9 Å². The Morgan fingerprint density at radius 2 is 0.329 bits per heavy atom. The largest absolute Gasteiger partial charge is 0.412 e. The van der Waals surface area contributed by atoms with Crippen LogP contribution in [0, 0.1) is 0 Å². The summed E-state index contributed by atoms with van der Waals surface area (Å²) in [6.45, 7) is 4.00. The molecule has 0 amide bonds. The minimum absolute atomic E-state index is 0. The van der Waals surface area contributed by atoms with Crippen molar-refractivity contribution in [3.63, 3.8) is 0 Å². The first-order valence-electron chi connectivity index (χ1n) is 23.6. The lowest BCUT2D eigenvalue weighted by Gasteiger charge is -2.38. The standard InChI is InChI=1S/C40H40N20P4.2C4H8O.11H2O/c1-17-41-18-2-33(1)49-61(50-34-3-19-42-20-4-34)57-62(51-35-5-21-43-22-6-35,52-36-7-23-44-24-8-36)59-64(55-39-13-29-47-30-14-39,56-40-15-31-48-32-16-40)60-63(58-61,53-37-9-25-45-26-10-37)54-38-11-27-46-28-12-38;2*1-2-4-5-3-1;;;;;;;;;;;/h1-32H,(H,41,49)(H,42,50)(H,43,51)(H,44,52)(H,45,53)(H,46,54)(H,47,55)(H,48,56);2*1-4H2;11*1H2. The van der Waals surface area contributed by atoms with Crippen molar-refractivity contribution in [3.05, 3.63) is 196 Å². The van der Waals surface area contributed by atoms with Crippen molar-refractivity contribution in [1.29, 1.82) is 0 Å². The molecular formula is C48H78N20O13P4. The molecule has 468 valence electrons. The molecule has 0 bridgehead atoms. The van der Waals surface area contributed by atoms with Gasteiger partial charge in [0, 0.05) is 171 Å². The van der Waals surface area contributed by atoms with Crippen LogP contribution in [0.5, 0.6) is 0 Å². The van der Waals surface area contributed by atoms with Gasteiger partial charge in [-0.1, -0.05) is 0 Å². The molecule has 33 nitrogen and oxygen atoms in total. The predicted octanol–water partition coefficient (Wildman–Crippen LogP) is 4.36. The van der Waals surface area contributed by atoms with Gasteiger partial charge in [-0.15, -0.1) is 0 Å². The molecule has 85 heavy (non-hydrogen) atoms. The molecule has 0 spiro atoms. The normalized spacial score (nSPS) is 14.3. The van der Waals surface area contributed by atoms with Crippen LogP contribution in [0.15, 0.2) is 214 Å². The molecule has 37 heteroatoms. The number of ether oxygens (including phenoxy) is 2. The zero-order valence-corrected chi connectivity index (χ0v) is 49.2. The van der Waals surface area contributed by atoms with Crippen molar-refractivity contribution in [2.45, 2.75) is 25.7 Å². The lowest BCUT2D eigenvalue weighted by atomic mass is 10.4. The predicted molar refractivity (Wildman–Crippen MR) is 340 cm³/mol. The van der Waals surface area contributed by atoms with Crippen molar-refractivity contribution in [2.75, 3.05) is 67.1 Å². The van der Waals surface area contributed by atoms with Crippen LogP contribution in [-0.2, 0) is 9.47 Å². The van der Waals surface area contributed by atoms with Crippen molar-refractivity contribution < 1.29 is 69.7 Å². The number of anilines is 8. The van der Waals surface area contributed by atoms with E-state index in [9.17, 15) is 0 Å². The molecule has 8 aromatic rings. The van der Waals surface area contributed by atoms with Gasteiger partial charge in [0.1, 0.15) is 0 Å². The van der Waals surface area contributed by atoms with E-state index in [1.807, 2.05) is 97.1 Å². The van der Waals surface area contributed by atoms with E-state index in [0.29, 0.717) is 45.5 Å². The Kier molecular flexibility index (Phi) is 39.3. The van der Waals surface area contributed by atoms with E-state index < -0.39 is 30.0 Å². The smallest absolute Gasteiger partial charge is 0.268 e. The van der Waals surface area contributed by atoms with Crippen LogP contribution >= 0.6 is 30.0 Å². The number of pyridine rings is 8. The van der Waals surface area contributed by atoms with E-state index >= 15 is 0 Å². The van der Waals surface area contributed by atoms with Gasteiger partial charge in [0.15, 0.2) is 0 Å². The van der Waals surface area contributed by atoms with Gasteiger partial charge < -0.3 is 110 Å². The first-order valence-corrected chi connectivity index (χ1v) is 30.4. The maximum absolute atomic E-state index is 5.99. The average Bonchev–Trinajstić information content (AvgIpc) is 1.49. The number of aromatic nitrogens is 8. The van der Waals surface area contributed by atoms with Crippen molar-refractivity contribution >= 4 is 75.5 Å².